The van der Waals surface area contributed by atoms with Crippen LogP contribution in [0.3, 0.4) is 0 Å². The first-order chi connectivity index (χ1) is 16.6. The summed E-state index contributed by atoms with van der Waals surface area (Å²) >= 11 is 0. The smallest absolute Gasteiger partial charge is 0.246 e. The number of carbonyl (C=O) groups excluding carboxylic acids is 3. The summed E-state index contributed by atoms with van der Waals surface area (Å²) in [4.78, 5) is 43.4. The molecule has 0 aliphatic carbocycles. The van der Waals surface area contributed by atoms with Gasteiger partial charge in [0.25, 0.3) is 0 Å². The van der Waals surface area contributed by atoms with E-state index in [9.17, 15) is 19.5 Å². The van der Waals surface area contributed by atoms with E-state index >= 15 is 0 Å². The minimum atomic E-state index is -1.08. The van der Waals surface area contributed by atoms with Gasteiger partial charge in [0.1, 0.15) is 11.6 Å². The van der Waals surface area contributed by atoms with Gasteiger partial charge in [-0.1, -0.05) is 48.5 Å². The Balaban J connectivity index is 2.09. The number of fused-ring (bicyclic) bond motifs is 1. The van der Waals surface area contributed by atoms with Gasteiger partial charge in [0.15, 0.2) is 0 Å². The SMILES string of the molecule is CCCNC(=O)[C@H]1[C@H]2C(=O)N([C@@H](CO)C(C)C)C(C(=O)NC(C)(C)CC(C)(C)C)C23CC[C@]1(CC)O3. The normalized spacial score (nSPS) is 32.7. The molecule has 1 spiro atoms. The zero-order chi connectivity index (χ0) is 27.3. The lowest BCUT2D eigenvalue weighted by atomic mass is 9.65. The maximum atomic E-state index is 14.2. The monoisotopic (exact) mass is 507 g/mol. The molecule has 0 saturated carbocycles. The number of nitrogens with zero attached hydrogens (tertiary/aromatic N) is 1. The number of ether oxygens (including phenoxy) is 1. The fraction of sp³-hybridized carbons (Fsp3) is 0.893. The van der Waals surface area contributed by atoms with E-state index in [1.54, 1.807) is 4.90 Å². The van der Waals surface area contributed by atoms with Crippen LogP contribution in [0.2, 0.25) is 0 Å². The Kier molecular flexibility index (Phi) is 7.94. The van der Waals surface area contributed by atoms with Gasteiger partial charge in [0.2, 0.25) is 17.7 Å². The Morgan fingerprint density at radius 1 is 1.14 bits per heavy atom. The summed E-state index contributed by atoms with van der Waals surface area (Å²) in [7, 11) is 0. The molecule has 2 bridgehead atoms. The molecular formula is C28H49N3O5. The molecule has 0 aromatic heterocycles. The van der Waals surface area contributed by atoms with Crippen LogP contribution in [0.4, 0.5) is 0 Å². The number of aliphatic hydroxyl groups is 1. The molecule has 3 fully saturated rings. The van der Waals surface area contributed by atoms with Crippen LogP contribution < -0.4 is 10.6 Å². The topological polar surface area (TPSA) is 108 Å². The average molecular weight is 508 g/mol. The third-order valence-electron chi connectivity index (χ3n) is 8.45. The average Bonchev–Trinajstić information content (AvgIpc) is 3.34. The van der Waals surface area contributed by atoms with Crippen LogP contribution in [-0.2, 0) is 19.1 Å². The first kappa shape index (κ1) is 28.9. The summed E-state index contributed by atoms with van der Waals surface area (Å²) in [5, 5.41) is 16.6. The van der Waals surface area contributed by atoms with Crippen LogP contribution in [0.1, 0.15) is 94.4 Å². The number of rotatable bonds is 10. The first-order valence-electron chi connectivity index (χ1n) is 13.8. The lowest BCUT2D eigenvalue weighted by molar-refractivity contribution is -0.153. The maximum absolute atomic E-state index is 14.2. The van der Waals surface area contributed by atoms with Crippen molar-refractivity contribution in [1.82, 2.24) is 15.5 Å². The number of amides is 3. The Bertz CT molecular complexity index is 866. The molecular weight excluding hydrogens is 458 g/mol. The molecule has 3 aliphatic heterocycles. The van der Waals surface area contributed by atoms with Gasteiger partial charge in [-0.3, -0.25) is 14.4 Å². The standard InChI is InChI=1S/C28H49N3O5/c1-10-14-29-22(33)19-20-24(35)31(18(15-32)17(3)4)21(28(20)13-12-27(19,11-2)36-28)23(34)30-26(8,9)16-25(5,6)7/h17-21,32H,10-16H2,1-9H3,(H,29,33)(H,30,34)/t18-,19+,20-,21?,27-,28?/m0/s1. The summed E-state index contributed by atoms with van der Waals surface area (Å²) in [6, 6.07) is -1.44. The van der Waals surface area contributed by atoms with Crippen molar-refractivity contribution in [1.29, 1.82) is 0 Å². The zero-order valence-corrected chi connectivity index (χ0v) is 23.9. The number of hydrogen-bond acceptors (Lipinski definition) is 5. The lowest BCUT2D eigenvalue weighted by Gasteiger charge is -2.41. The molecule has 3 amide bonds. The molecule has 3 N–H and O–H groups in total. The molecule has 0 aromatic carbocycles. The van der Waals surface area contributed by atoms with E-state index in [1.165, 1.54) is 0 Å². The fourth-order valence-corrected chi connectivity index (χ4v) is 7.46. The molecule has 2 unspecified atom stereocenters. The molecule has 36 heavy (non-hydrogen) atoms. The highest BCUT2D eigenvalue weighted by molar-refractivity contribution is 5.99. The van der Waals surface area contributed by atoms with Crippen molar-refractivity contribution >= 4 is 17.7 Å². The van der Waals surface area contributed by atoms with Crippen molar-refractivity contribution in [2.24, 2.45) is 23.2 Å². The molecule has 3 heterocycles. The second-order valence-electron chi connectivity index (χ2n) is 13.5. The van der Waals surface area contributed by atoms with E-state index in [-0.39, 0.29) is 35.7 Å². The number of carbonyl (C=O) groups is 3. The van der Waals surface area contributed by atoms with Crippen molar-refractivity contribution in [2.75, 3.05) is 13.2 Å². The van der Waals surface area contributed by atoms with Crippen LogP contribution in [0.5, 0.6) is 0 Å². The highest BCUT2D eigenvalue weighted by Gasteiger charge is 2.79. The van der Waals surface area contributed by atoms with Crippen LogP contribution in [-0.4, -0.2) is 69.7 Å². The number of hydrogen-bond donors (Lipinski definition) is 3. The van der Waals surface area contributed by atoms with E-state index in [0.717, 1.165) is 12.8 Å². The molecule has 8 heteroatoms. The van der Waals surface area contributed by atoms with Gasteiger partial charge < -0.3 is 25.4 Å². The number of aliphatic hydroxyl groups excluding tert-OH is 1. The minimum absolute atomic E-state index is 0.00854. The predicted octanol–water partition coefficient (Wildman–Crippen LogP) is 3.02. The number of likely N-dealkylation sites (tertiary alicyclic amines) is 1. The van der Waals surface area contributed by atoms with E-state index in [2.05, 4.69) is 31.4 Å². The van der Waals surface area contributed by atoms with Crippen LogP contribution in [0.15, 0.2) is 0 Å². The van der Waals surface area contributed by atoms with Crippen molar-refractivity contribution in [3.8, 4) is 0 Å². The molecule has 8 nitrogen and oxygen atoms in total. The minimum Gasteiger partial charge on any atom is -0.394 e. The highest BCUT2D eigenvalue weighted by Crippen LogP contribution is 2.64. The van der Waals surface area contributed by atoms with Crippen molar-refractivity contribution < 1.29 is 24.2 Å². The van der Waals surface area contributed by atoms with Gasteiger partial charge in [-0.2, -0.15) is 0 Å². The van der Waals surface area contributed by atoms with E-state index < -0.39 is 40.7 Å². The Hall–Kier alpha value is -1.67. The molecule has 3 aliphatic rings. The maximum Gasteiger partial charge on any atom is 0.246 e. The Morgan fingerprint density at radius 3 is 2.28 bits per heavy atom. The molecule has 206 valence electrons. The summed E-state index contributed by atoms with van der Waals surface area (Å²) in [6.45, 7) is 18.5. The van der Waals surface area contributed by atoms with Gasteiger partial charge in [-0.05, 0) is 57.3 Å². The Morgan fingerprint density at radius 2 is 1.78 bits per heavy atom. The summed E-state index contributed by atoms with van der Waals surface area (Å²) < 4.78 is 6.79. The summed E-state index contributed by atoms with van der Waals surface area (Å²) in [5.41, 5.74) is -2.35. The van der Waals surface area contributed by atoms with Crippen LogP contribution in [0, 0.1) is 23.2 Å². The van der Waals surface area contributed by atoms with Gasteiger partial charge >= 0.3 is 0 Å². The molecule has 3 rings (SSSR count). The Labute approximate surface area is 217 Å². The third-order valence-corrected chi connectivity index (χ3v) is 8.45. The van der Waals surface area contributed by atoms with Gasteiger partial charge in [0, 0.05) is 12.1 Å². The first-order valence-corrected chi connectivity index (χ1v) is 13.8. The molecule has 3 saturated heterocycles. The van der Waals surface area contributed by atoms with Crippen LogP contribution in [0.25, 0.3) is 0 Å². The zero-order valence-electron chi connectivity index (χ0n) is 23.9. The van der Waals surface area contributed by atoms with E-state index in [0.29, 0.717) is 25.8 Å². The second kappa shape index (κ2) is 9.90. The van der Waals surface area contributed by atoms with Gasteiger partial charge in [-0.25, -0.2) is 0 Å². The van der Waals surface area contributed by atoms with E-state index in [1.807, 2.05) is 41.5 Å². The summed E-state index contributed by atoms with van der Waals surface area (Å²) in [5.74, 6) is -2.14. The highest BCUT2D eigenvalue weighted by atomic mass is 16.5. The molecule has 6 atom stereocenters. The van der Waals surface area contributed by atoms with E-state index in [4.69, 9.17) is 4.74 Å². The number of nitrogens with one attached hydrogen (secondary N) is 2. The fourth-order valence-electron chi connectivity index (χ4n) is 7.46. The lowest BCUT2D eigenvalue weighted by Crippen LogP contribution is -2.62. The molecule has 0 radical (unpaired) electrons. The van der Waals surface area contributed by atoms with Crippen LogP contribution >= 0.6 is 0 Å². The summed E-state index contributed by atoms with van der Waals surface area (Å²) in [6.07, 6.45) is 3.31. The van der Waals surface area contributed by atoms with Crippen molar-refractivity contribution in [2.45, 2.75) is 123 Å². The third kappa shape index (κ3) is 4.80. The van der Waals surface area contributed by atoms with Crippen molar-refractivity contribution in [3.05, 3.63) is 0 Å². The molecule has 0 aromatic rings. The quantitative estimate of drug-likeness (QED) is 0.421. The van der Waals surface area contributed by atoms with Gasteiger partial charge in [-0.15, -0.1) is 0 Å². The largest absolute Gasteiger partial charge is 0.394 e. The second-order valence-corrected chi connectivity index (χ2v) is 13.5. The van der Waals surface area contributed by atoms with Gasteiger partial charge in [0.05, 0.1) is 30.1 Å². The predicted molar refractivity (Wildman–Crippen MR) is 139 cm³/mol. The van der Waals surface area contributed by atoms with Crippen molar-refractivity contribution in [3.63, 3.8) is 0 Å².